The van der Waals surface area contributed by atoms with E-state index in [0.29, 0.717) is 27.8 Å². The smallest absolute Gasteiger partial charge is 0.263 e. The number of ketones is 1. The minimum Gasteiger partial charge on any atom is -0.340 e. The van der Waals surface area contributed by atoms with Gasteiger partial charge in [-0.15, -0.1) is 0 Å². The maximum atomic E-state index is 12.5. The molecule has 0 spiro atoms. The fraction of sp³-hybridized carbons (Fsp3) is 0.0417. The number of nitrogens with zero attached hydrogens (tertiary/aromatic N) is 4. The number of aromatic nitrogens is 3. The predicted molar refractivity (Wildman–Crippen MR) is 133 cm³/mol. The van der Waals surface area contributed by atoms with Gasteiger partial charge in [-0.25, -0.2) is 23.4 Å². The summed E-state index contributed by atoms with van der Waals surface area (Å²) in [6.45, 7) is 0. The van der Waals surface area contributed by atoms with Crippen LogP contribution < -0.4 is 10.0 Å². The lowest BCUT2D eigenvalue weighted by molar-refractivity contribution is 0.102. The molecular formula is C24H18N6O3S2. The molecule has 0 aliphatic carbocycles. The van der Waals surface area contributed by atoms with Crippen molar-refractivity contribution < 1.29 is 13.2 Å². The number of anilines is 3. The van der Waals surface area contributed by atoms with E-state index in [4.69, 9.17) is 5.26 Å². The summed E-state index contributed by atoms with van der Waals surface area (Å²) in [6, 6.07) is 21.3. The van der Waals surface area contributed by atoms with E-state index in [1.54, 1.807) is 66.9 Å². The molecule has 4 rings (SSSR count). The summed E-state index contributed by atoms with van der Waals surface area (Å²) in [6.07, 6.45) is 3.07. The van der Waals surface area contributed by atoms with Gasteiger partial charge < -0.3 is 5.32 Å². The topological polar surface area (TPSA) is 138 Å². The molecule has 174 valence electrons. The predicted octanol–water partition coefficient (Wildman–Crippen LogP) is 4.26. The van der Waals surface area contributed by atoms with Crippen LogP contribution in [-0.4, -0.2) is 34.9 Å². The van der Waals surface area contributed by atoms with Crippen LogP contribution in [0, 0.1) is 11.3 Å². The van der Waals surface area contributed by atoms with Gasteiger partial charge in [0.15, 0.2) is 10.9 Å². The zero-order valence-corrected chi connectivity index (χ0v) is 19.8. The molecule has 4 aromatic rings. The number of rotatable bonds is 9. The maximum Gasteiger partial charge on any atom is 0.263 e. The van der Waals surface area contributed by atoms with E-state index in [9.17, 15) is 13.2 Å². The van der Waals surface area contributed by atoms with Crippen LogP contribution in [0.25, 0.3) is 0 Å². The van der Waals surface area contributed by atoms with Crippen molar-refractivity contribution in [3.63, 3.8) is 0 Å². The first kappa shape index (κ1) is 23.9. The van der Waals surface area contributed by atoms with Crippen molar-refractivity contribution in [1.82, 2.24) is 15.0 Å². The Kier molecular flexibility index (Phi) is 7.35. The summed E-state index contributed by atoms with van der Waals surface area (Å²) >= 11 is 1.19. The van der Waals surface area contributed by atoms with Gasteiger partial charge in [0, 0.05) is 23.6 Å². The quantitative estimate of drug-likeness (QED) is 0.195. The first-order valence-corrected chi connectivity index (χ1v) is 12.7. The summed E-state index contributed by atoms with van der Waals surface area (Å²) in [5.41, 5.74) is 1.63. The highest BCUT2D eigenvalue weighted by molar-refractivity contribution is 7.99. The number of Topliss-reactive ketones (excluding diaryl/α,β-unsaturated/α-hetero) is 1. The second-order valence-corrected chi connectivity index (χ2v) is 9.72. The van der Waals surface area contributed by atoms with E-state index in [0.717, 1.165) is 0 Å². The zero-order valence-electron chi connectivity index (χ0n) is 18.1. The van der Waals surface area contributed by atoms with Gasteiger partial charge in [-0.05, 0) is 54.6 Å². The summed E-state index contributed by atoms with van der Waals surface area (Å²) in [5, 5.41) is 12.4. The largest absolute Gasteiger partial charge is 0.340 e. The second kappa shape index (κ2) is 10.8. The third-order valence-electron chi connectivity index (χ3n) is 4.64. The number of nitrogens with one attached hydrogen (secondary N) is 2. The van der Waals surface area contributed by atoms with Crippen LogP contribution in [0.3, 0.4) is 0 Å². The van der Waals surface area contributed by atoms with Crippen molar-refractivity contribution in [2.24, 2.45) is 0 Å². The van der Waals surface area contributed by atoms with E-state index in [-0.39, 0.29) is 22.2 Å². The number of carbonyl (C=O) groups is 1. The molecule has 0 amide bonds. The molecule has 35 heavy (non-hydrogen) atoms. The Labute approximate surface area is 206 Å². The van der Waals surface area contributed by atoms with E-state index < -0.39 is 10.0 Å². The Bertz CT molecular complexity index is 1470. The lowest BCUT2D eigenvalue weighted by Gasteiger charge is -2.09. The van der Waals surface area contributed by atoms with E-state index >= 15 is 0 Å². The Balaban J connectivity index is 1.37. The summed E-state index contributed by atoms with van der Waals surface area (Å²) < 4.78 is 27.5. The molecule has 11 heteroatoms. The number of pyridine rings is 1. The van der Waals surface area contributed by atoms with Crippen LogP contribution in [0.4, 0.5) is 17.3 Å². The number of thioether (sulfide) groups is 1. The first-order chi connectivity index (χ1) is 16.9. The van der Waals surface area contributed by atoms with Gasteiger partial charge in [0.05, 0.1) is 22.3 Å². The van der Waals surface area contributed by atoms with Crippen LogP contribution in [0.15, 0.2) is 95.2 Å². The number of hydrogen-bond donors (Lipinski definition) is 2. The van der Waals surface area contributed by atoms with Gasteiger partial charge in [0.2, 0.25) is 0 Å². The molecule has 0 aliphatic heterocycles. The highest BCUT2D eigenvalue weighted by Gasteiger charge is 2.15. The highest BCUT2D eigenvalue weighted by atomic mass is 32.2. The molecule has 0 saturated carbocycles. The van der Waals surface area contributed by atoms with Crippen molar-refractivity contribution >= 4 is 44.9 Å². The number of benzene rings is 2. The van der Waals surface area contributed by atoms with E-state index in [1.165, 1.54) is 30.1 Å². The van der Waals surface area contributed by atoms with Crippen LogP contribution in [-0.2, 0) is 10.0 Å². The van der Waals surface area contributed by atoms with Crippen LogP contribution in [0.5, 0.6) is 0 Å². The fourth-order valence-corrected chi connectivity index (χ4v) is 4.64. The van der Waals surface area contributed by atoms with Gasteiger partial charge in [-0.1, -0.05) is 30.0 Å². The summed E-state index contributed by atoms with van der Waals surface area (Å²) in [7, 11) is -3.77. The van der Waals surface area contributed by atoms with Crippen molar-refractivity contribution in [1.29, 1.82) is 5.26 Å². The second-order valence-electron chi connectivity index (χ2n) is 7.10. The monoisotopic (exact) mass is 502 g/mol. The Hall–Kier alpha value is -4.27. The molecule has 0 aliphatic rings. The number of nitriles is 1. The zero-order chi connectivity index (χ0) is 24.7. The number of carbonyl (C=O) groups excluding carboxylic acids is 1. The number of sulfonamides is 1. The molecule has 9 nitrogen and oxygen atoms in total. The van der Waals surface area contributed by atoms with Crippen molar-refractivity contribution in [3.05, 3.63) is 96.3 Å². The van der Waals surface area contributed by atoms with Crippen LogP contribution in [0.2, 0.25) is 0 Å². The third-order valence-corrected chi connectivity index (χ3v) is 6.87. The van der Waals surface area contributed by atoms with Crippen LogP contribution in [0.1, 0.15) is 15.9 Å². The Morgan fingerprint density at radius 3 is 2.37 bits per heavy atom. The molecule has 0 fully saturated rings. The lowest BCUT2D eigenvalue weighted by Crippen LogP contribution is -2.13. The van der Waals surface area contributed by atoms with Crippen molar-refractivity contribution in [3.8, 4) is 6.07 Å². The van der Waals surface area contributed by atoms with E-state index in [2.05, 4.69) is 25.0 Å². The van der Waals surface area contributed by atoms with Crippen molar-refractivity contribution in [2.45, 2.75) is 10.1 Å². The fourth-order valence-electron chi connectivity index (χ4n) is 2.91. The highest BCUT2D eigenvalue weighted by Crippen LogP contribution is 2.21. The Morgan fingerprint density at radius 1 is 0.914 bits per heavy atom. The van der Waals surface area contributed by atoms with Crippen LogP contribution >= 0.6 is 11.8 Å². The standard InChI is InChI=1S/C24H18N6O3S2/c25-15-17-4-6-18(7-5-17)21(31)16-34-24-27-14-12-23(29-24)28-19-8-10-20(11-9-19)35(32,33)30-22-3-1-2-13-26-22/h1-14H,16H2,(H,26,30)(H,27,28,29). The molecular weight excluding hydrogens is 484 g/mol. The minimum absolute atomic E-state index is 0.0916. The molecule has 2 aromatic heterocycles. The minimum atomic E-state index is -3.77. The normalized spacial score (nSPS) is 10.8. The molecule has 0 atom stereocenters. The first-order valence-electron chi connectivity index (χ1n) is 10.2. The average molecular weight is 503 g/mol. The molecule has 0 unspecified atom stereocenters. The lowest BCUT2D eigenvalue weighted by atomic mass is 10.1. The maximum absolute atomic E-state index is 12.5. The molecule has 0 bridgehead atoms. The van der Waals surface area contributed by atoms with Gasteiger partial charge in [-0.3, -0.25) is 9.52 Å². The SMILES string of the molecule is N#Cc1ccc(C(=O)CSc2nccc(Nc3ccc(S(=O)(=O)Nc4ccccn4)cc3)n2)cc1. The van der Waals surface area contributed by atoms with Gasteiger partial charge in [-0.2, -0.15) is 5.26 Å². The Morgan fingerprint density at radius 2 is 1.69 bits per heavy atom. The van der Waals surface area contributed by atoms with Gasteiger partial charge >= 0.3 is 0 Å². The van der Waals surface area contributed by atoms with Crippen molar-refractivity contribution in [2.75, 3.05) is 15.8 Å². The third kappa shape index (κ3) is 6.41. The molecule has 0 radical (unpaired) electrons. The van der Waals surface area contributed by atoms with E-state index in [1.807, 2.05) is 6.07 Å². The molecule has 2 heterocycles. The molecule has 0 saturated heterocycles. The van der Waals surface area contributed by atoms with Gasteiger partial charge in [0.1, 0.15) is 11.6 Å². The number of hydrogen-bond acceptors (Lipinski definition) is 9. The summed E-state index contributed by atoms with van der Waals surface area (Å²) in [5.74, 6) is 0.775. The summed E-state index contributed by atoms with van der Waals surface area (Å²) in [4.78, 5) is 25.0. The molecule has 2 aromatic carbocycles. The average Bonchev–Trinajstić information content (AvgIpc) is 2.88. The molecule has 2 N–H and O–H groups in total. The van der Waals surface area contributed by atoms with Gasteiger partial charge in [0.25, 0.3) is 10.0 Å².